The summed E-state index contributed by atoms with van der Waals surface area (Å²) in [6, 6.07) is 12.7. The van der Waals surface area contributed by atoms with Crippen molar-refractivity contribution in [3.05, 3.63) is 48.0 Å². The number of ether oxygens (including phenoxy) is 1. The topological polar surface area (TPSA) is 79.0 Å². The predicted octanol–water partition coefficient (Wildman–Crippen LogP) is 3.63. The predicted molar refractivity (Wildman–Crippen MR) is 120 cm³/mol. The van der Waals surface area contributed by atoms with E-state index in [0.29, 0.717) is 22.7 Å². The van der Waals surface area contributed by atoms with Crippen molar-refractivity contribution >= 4 is 34.7 Å². The van der Waals surface area contributed by atoms with E-state index in [2.05, 4.69) is 10.2 Å². The maximum Gasteiger partial charge on any atom is 0.268 e. The normalized spacial score (nSPS) is 18.3. The van der Waals surface area contributed by atoms with Crippen LogP contribution in [0.15, 0.2) is 42.5 Å². The number of ketones is 1. The minimum absolute atomic E-state index is 0.118. The number of anilines is 3. The third kappa shape index (κ3) is 4.55. The van der Waals surface area contributed by atoms with Gasteiger partial charge < -0.3 is 15.0 Å². The lowest BCUT2D eigenvalue weighted by molar-refractivity contribution is -0.127. The van der Waals surface area contributed by atoms with Gasteiger partial charge in [-0.25, -0.2) is 0 Å². The number of carbonyl (C=O) groups is 3. The number of hydrogen-bond donors (Lipinski definition) is 1. The Kier molecular flexibility index (Phi) is 5.93. The summed E-state index contributed by atoms with van der Waals surface area (Å²) in [6.07, 6.45) is 2.99. The highest BCUT2D eigenvalue weighted by atomic mass is 16.5. The van der Waals surface area contributed by atoms with Gasteiger partial charge in [-0.3, -0.25) is 19.3 Å². The summed E-state index contributed by atoms with van der Waals surface area (Å²) in [4.78, 5) is 40.9. The van der Waals surface area contributed by atoms with Gasteiger partial charge in [0, 0.05) is 30.0 Å². The number of fused-ring (bicyclic) bond motifs is 1. The third-order valence-electron chi connectivity index (χ3n) is 5.75. The lowest BCUT2D eigenvalue weighted by atomic mass is 10.1. The molecule has 4 rings (SSSR count). The van der Waals surface area contributed by atoms with Crippen LogP contribution in [0.5, 0.6) is 5.75 Å². The average Bonchev–Trinajstić information content (AvgIpc) is 2.77. The number of piperidine rings is 1. The van der Waals surface area contributed by atoms with E-state index in [0.717, 1.165) is 18.8 Å². The monoisotopic (exact) mass is 421 g/mol. The van der Waals surface area contributed by atoms with Crippen LogP contribution in [0.3, 0.4) is 0 Å². The highest BCUT2D eigenvalue weighted by Gasteiger charge is 2.33. The van der Waals surface area contributed by atoms with E-state index >= 15 is 0 Å². The van der Waals surface area contributed by atoms with Gasteiger partial charge in [0.25, 0.3) is 5.91 Å². The van der Waals surface area contributed by atoms with Gasteiger partial charge >= 0.3 is 0 Å². The molecule has 2 amide bonds. The number of benzene rings is 2. The van der Waals surface area contributed by atoms with E-state index < -0.39 is 6.10 Å². The molecule has 2 aromatic rings. The molecule has 0 aliphatic carbocycles. The zero-order chi connectivity index (χ0) is 22.0. The molecule has 0 aromatic heterocycles. The van der Waals surface area contributed by atoms with Crippen molar-refractivity contribution in [1.82, 2.24) is 0 Å². The molecule has 1 N–H and O–H groups in total. The molecular formula is C24H27N3O4. The Hall–Kier alpha value is -3.35. The maximum absolute atomic E-state index is 12.7. The molecule has 1 unspecified atom stereocenters. The Morgan fingerprint density at radius 1 is 1.06 bits per heavy atom. The Labute approximate surface area is 182 Å². The van der Waals surface area contributed by atoms with E-state index in [4.69, 9.17) is 4.74 Å². The van der Waals surface area contributed by atoms with Crippen LogP contribution in [0.1, 0.15) is 43.5 Å². The minimum atomic E-state index is -0.702. The van der Waals surface area contributed by atoms with Crippen LogP contribution in [0.2, 0.25) is 0 Å². The van der Waals surface area contributed by atoms with E-state index in [-0.39, 0.29) is 24.1 Å². The third-order valence-corrected chi connectivity index (χ3v) is 5.75. The number of Topliss-reactive ketones (excluding diaryl/α,β-unsaturated/α-hetero) is 1. The first-order valence-corrected chi connectivity index (χ1v) is 10.7. The van der Waals surface area contributed by atoms with Crippen LogP contribution >= 0.6 is 0 Å². The van der Waals surface area contributed by atoms with Gasteiger partial charge in [0.2, 0.25) is 5.91 Å². The Morgan fingerprint density at radius 2 is 1.77 bits per heavy atom. The average molecular weight is 421 g/mol. The fourth-order valence-electron chi connectivity index (χ4n) is 4.04. The fourth-order valence-corrected chi connectivity index (χ4v) is 4.04. The van der Waals surface area contributed by atoms with Crippen LogP contribution in [0.4, 0.5) is 17.1 Å². The van der Waals surface area contributed by atoms with E-state index in [1.54, 1.807) is 25.1 Å². The van der Waals surface area contributed by atoms with Gasteiger partial charge in [-0.2, -0.15) is 0 Å². The lowest BCUT2D eigenvalue weighted by Crippen LogP contribution is -2.47. The van der Waals surface area contributed by atoms with Crippen molar-refractivity contribution in [3.8, 4) is 5.75 Å². The second-order valence-corrected chi connectivity index (χ2v) is 8.07. The summed E-state index contributed by atoms with van der Waals surface area (Å²) in [5.41, 5.74) is 2.73. The smallest absolute Gasteiger partial charge is 0.268 e. The Morgan fingerprint density at radius 3 is 2.45 bits per heavy atom. The molecule has 2 aliphatic heterocycles. The molecule has 162 valence electrons. The number of amides is 2. The van der Waals surface area contributed by atoms with Gasteiger partial charge in [0.05, 0.1) is 5.69 Å². The summed E-state index contributed by atoms with van der Waals surface area (Å²) in [7, 11) is 0. The molecule has 0 saturated carbocycles. The second kappa shape index (κ2) is 8.79. The largest absolute Gasteiger partial charge is 0.479 e. The molecule has 31 heavy (non-hydrogen) atoms. The zero-order valence-electron chi connectivity index (χ0n) is 17.9. The van der Waals surface area contributed by atoms with Crippen molar-refractivity contribution in [2.24, 2.45) is 0 Å². The summed E-state index contributed by atoms with van der Waals surface area (Å²) in [5, 5.41) is 2.86. The molecule has 2 aliphatic rings. The molecule has 0 radical (unpaired) electrons. The number of hydrogen-bond acceptors (Lipinski definition) is 5. The van der Waals surface area contributed by atoms with Crippen LogP contribution in [-0.4, -0.2) is 43.3 Å². The molecule has 2 heterocycles. The summed E-state index contributed by atoms with van der Waals surface area (Å²) < 4.78 is 5.64. The molecule has 0 bridgehead atoms. The quantitative estimate of drug-likeness (QED) is 0.746. The van der Waals surface area contributed by atoms with Crippen molar-refractivity contribution in [2.45, 2.75) is 39.2 Å². The van der Waals surface area contributed by atoms with E-state index in [1.807, 2.05) is 24.3 Å². The molecule has 1 atom stereocenters. The van der Waals surface area contributed by atoms with Crippen molar-refractivity contribution in [2.75, 3.05) is 34.8 Å². The van der Waals surface area contributed by atoms with Crippen molar-refractivity contribution < 1.29 is 19.1 Å². The molecule has 0 spiro atoms. The van der Waals surface area contributed by atoms with Crippen molar-refractivity contribution in [3.63, 3.8) is 0 Å². The second-order valence-electron chi connectivity index (χ2n) is 8.07. The van der Waals surface area contributed by atoms with Crippen LogP contribution < -0.4 is 19.9 Å². The molecule has 7 heteroatoms. The van der Waals surface area contributed by atoms with Crippen molar-refractivity contribution in [1.29, 1.82) is 0 Å². The van der Waals surface area contributed by atoms with Crippen LogP contribution in [0, 0.1) is 0 Å². The molecule has 2 aromatic carbocycles. The Balaban J connectivity index is 1.47. The molecule has 7 nitrogen and oxygen atoms in total. The Bertz CT molecular complexity index is 996. The first kappa shape index (κ1) is 20.9. The maximum atomic E-state index is 12.7. The standard InChI is InChI=1S/C24H27N3O4/c1-16(28)18-6-11-22-21(14-18)27(24(30)17(2)31-22)15-23(29)25-19-7-9-20(10-8-19)26-12-4-3-5-13-26/h6-11,14,17H,3-5,12-13,15H2,1-2H3,(H,25,29). The summed E-state index contributed by atoms with van der Waals surface area (Å²) >= 11 is 0. The van der Waals surface area contributed by atoms with Crippen LogP contribution in [0.25, 0.3) is 0 Å². The number of carbonyl (C=O) groups excluding carboxylic acids is 3. The molecule has 1 saturated heterocycles. The molecule has 1 fully saturated rings. The van der Waals surface area contributed by atoms with Gasteiger partial charge in [-0.05, 0) is 75.6 Å². The SMILES string of the molecule is CC(=O)c1ccc2c(c1)N(CC(=O)Nc1ccc(N3CCCCC3)cc1)C(=O)C(C)O2. The van der Waals surface area contributed by atoms with Gasteiger partial charge in [-0.1, -0.05) is 0 Å². The van der Waals surface area contributed by atoms with Gasteiger partial charge in [0.15, 0.2) is 11.9 Å². The van der Waals surface area contributed by atoms with E-state index in [1.165, 1.54) is 31.1 Å². The number of rotatable bonds is 5. The zero-order valence-corrected chi connectivity index (χ0v) is 17.9. The van der Waals surface area contributed by atoms with Gasteiger partial charge in [0.1, 0.15) is 12.3 Å². The minimum Gasteiger partial charge on any atom is -0.479 e. The number of nitrogens with one attached hydrogen (secondary N) is 1. The van der Waals surface area contributed by atoms with E-state index in [9.17, 15) is 14.4 Å². The van der Waals surface area contributed by atoms with Crippen LogP contribution in [-0.2, 0) is 9.59 Å². The lowest BCUT2D eigenvalue weighted by Gasteiger charge is -2.32. The fraction of sp³-hybridized carbons (Fsp3) is 0.375. The first-order valence-electron chi connectivity index (χ1n) is 10.7. The summed E-state index contributed by atoms with van der Waals surface area (Å²) in [6.45, 7) is 5.07. The first-order chi connectivity index (χ1) is 14.9. The number of nitrogens with zero attached hydrogens (tertiary/aromatic N) is 2. The molecular weight excluding hydrogens is 394 g/mol. The highest BCUT2D eigenvalue weighted by molar-refractivity contribution is 6.07. The summed E-state index contributed by atoms with van der Waals surface area (Å²) in [5.74, 6) is -0.265. The van der Waals surface area contributed by atoms with Gasteiger partial charge in [-0.15, -0.1) is 0 Å². The highest BCUT2D eigenvalue weighted by Crippen LogP contribution is 2.35.